The maximum absolute atomic E-state index is 11.7. The summed E-state index contributed by atoms with van der Waals surface area (Å²) in [5, 5.41) is 4.68. The van der Waals surface area contributed by atoms with Gasteiger partial charge in [0.1, 0.15) is 6.26 Å². The van der Waals surface area contributed by atoms with Crippen molar-refractivity contribution in [2.24, 2.45) is 0 Å². The number of hydrogen-bond acceptors (Lipinski definition) is 3. The Labute approximate surface area is 126 Å². The van der Waals surface area contributed by atoms with Gasteiger partial charge in [0.05, 0.1) is 6.04 Å². The number of nitrogens with zero attached hydrogens (tertiary/aromatic N) is 1. The number of nitrogens with one attached hydrogen (secondary N) is 1. The zero-order valence-electron chi connectivity index (χ0n) is 10.7. The van der Waals surface area contributed by atoms with E-state index in [1.165, 1.54) is 17.1 Å². The van der Waals surface area contributed by atoms with Gasteiger partial charge < -0.3 is 9.84 Å². The molecule has 0 saturated carbocycles. The highest BCUT2D eigenvalue weighted by Crippen LogP contribution is 2.34. The highest BCUT2D eigenvalue weighted by Gasteiger charge is 2.27. The summed E-state index contributed by atoms with van der Waals surface area (Å²) in [6.45, 7) is 0.807. The van der Waals surface area contributed by atoms with Crippen LogP contribution in [-0.2, 0) is 0 Å². The van der Waals surface area contributed by atoms with E-state index in [-0.39, 0.29) is 17.6 Å². The molecule has 0 radical (unpaired) electrons. The number of rotatable bonds is 2. The van der Waals surface area contributed by atoms with E-state index in [1.54, 1.807) is 6.07 Å². The summed E-state index contributed by atoms with van der Waals surface area (Å²) in [5.74, 6) is 0. The summed E-state index contributed by atoms with van der Waals surface area (Å²) in [4.78, 5) is 11.7. The van der Waals surface area contributed by atoms with Gasteiger partial charge in [0.2, 0.25) is 0 Å². The number of piperidine rings is 1. The lowest BCUT2D eigenvalue weighted by atomic mass is 9.94. The van der Waals surface area contributed by atoms with Gasteiger partial charge in [0.25, 0.3) is 5.56 Å². The molecule has 0 bridgehead atoms. The molecule has 0 unspecified atom stereocenters. The van der Waals surface area contributed by atoms with Crippen LogP contribution in [0.1, 0.15) is 30.5 Å². The first-order valence-corrected chi connectivity index (χ1v) is 7.25. The Morgan fingerprint density at radius 2 is 2.15 bits per heavy atom. The molecule has 0 aliphatic carbocycles. The van der Waals surface area contributed by atoms with Gasteiger partial charge in [-0.15, -0.1) is 0 Å². The molecule has 1 saturated heterocycles. The predicted molar refractivity (Wildman–Crippen MR) is 78.4 cm³/mol. The first-order valence-electron chi connectivity index (χ1n) is 6.50. The molecule has 0 spiro atoms. The average Bonchev–Trinajstić information content (AvgIpc) is 2.85. The smallest absolute Gasteiger partial charge is 0.282 e. The Kier molecular flexibility index (Phi) is 3.87. The van der Waals surface area contributed by atoms with Crippen LogP contribution in [0, 0.1) is 0 Å². The van der Waals surface area contributed by atoms with Crippen LogP contribution in [0.15, 0.2) is 39.8 Å². The fraction of sp³-hybridized carbons (Fsp3) is 0.357. The summed E-state index contributed by atoms with van der Waals surface area (Å²) in [6.07, 6.45) is 3.04. The van der Waals surface area contributed by atoms with E-state index in [1.807, 2.05) is 12.1 Å². The van der Waals surface area contributed by atoms with E-state index in [4.69, 9.17) is 27.7 Å². The fourth-order valence-corrected chi connectivity index (χ4v) is 3.22. The molecule has 3 rings (SSSR count). The minimum Gasteiger partial charge on any atom is -0.384 e. The van der Waals surface area contributed by atoms with E-state index in [2.05, 4.69) is 5.32 Å². The Hall–Kier alpha value is -1.23. The minimum absolute atomic E-state index is 0.0514. The molecule has 1 aromatic carbocycles. The van der Waals surface area contributed by atoms with Crippen molar-refractivity contribution in [2.45, 2.75) is 24.9 Å². The average molecular weight is 313 g/mol. The van der Waals surface area contributed by atoms with Gasteiger partial charge in [-0.3, -0.25) is 4.79 Å². The monoisotopic (exact) mass is 312 g/mol. The summed E-state index contributed by atoms with van der Waals surface area (Å²) >= 11 is 12.2. The standard InChI is InChI=1S/C14H14Cl2N2O2/c15-9-1-2-11(12(16)7-9)13-8-10(3-5-17-13)18-14(19)4-6-20-18/h1-2,4,6-7,10,13,17H,3,5,8H2/t10-,13-/m1/s1. The van der Waals surface area contributed by atoms with Crippen LogP contribution in [0.4, 0.5) is 0 Å². The van der Waals surface area contributed by atoms with Crippen LogP contribution < -0.4 is 10.9 Å². The lowest BCUT2D eigenvalue weighted by Gasteiger charge is -2.30. The molecule has 0 amide bonds. The van der Waals surface area contributed by atoms with Gasteiger partial charge >= 0.3 is 0 Å². The molecular formula is C14H14Cl2N2O2. The maximum Gasteiger partial charge on any atom is 0.282 e. The van der Waals surface area contributed by atoms with Crippen molar-refractivity contribution < 1.29 is 4.52 Å². The maximum atomic E-state index is 11.7. The SMILES string of the molecule is O=c1ccon1[C@@H]1CCN[C@@H](c2ccc(Cl)cc2Cl)C1. The molecule has 6 heteroatoms. The molecule has 2 aromatic rings. The first-order chi connectivity index (χ1) is 9.65. The number of aromatic nitrogens is 1. The van der Waals surface area contributed by atoms with Crippen molar-refractivity contribution in [3.8, 4) is 0 Å². The molecule has 1 N–H and O–H groups in total. The van der Waals surface area contributed by atoms with Gasteiger partial charge in [0.15, 0.2) is 0 Å². The molecule has 1 aliphatic heterocycles. The van der Waals surface area contributed by atoms with Crippen molar-refractivity contribution in [2.75, 3.05) is 6.54 Å². The molecule has 20 heavy (non-hydrogen) atoms. The van der Waals surface area contributed by atoms with Gasteiger partial charge in [0, 0.05) is 22.2 Å². The normalized spacial score (nSPS) is 22.9. The van der Waals surface area contributed by atoms with Crippen LogP contribution in [-0.4, -0.2) is 11.3 Å². The van der Waals surface area contributed by atoms with E-state index >= 15 is 0 Å². The second-order valence-electron chi connectivity index (χ2n) is 4.92. The lowest BCUT2D eigenvalue weighted by molar-refractivity contribution is 0.161. The van der Waals surface area contributed by atoms with Crippen molar-refractivity contribution in [3.05, 3.63) is 56.5 Å². The molecule has 1 aromatic heterocycles. The number of halogens is 2. The van der Waals surface area contributed by atoms with Crippen LogP contribution in [0.2, 0.25) is 10.0 Å². The number of benzene rings is 1. The van der Waals surface area contributed by atoms with Crippen LogP contribution >= 0.6 is 23.2 Å². The summed E-state index contributed by atoms with van der Waals surface area (Å²) < 4.78 is 6.70. The first kappa shape index (κ1) is 13.7. The molecule has 1 aliphatic rings. The van der Waals surface area contributed by atoms with E-state index in [0.717, 1.165) is 24.9 Å². The summed E-state index contributed by atoms with van der Waals surface area (Å²) in [6, 6.07) is 7.07. The second-order valence-corrected chi connectivity index (χ2v) is 5.77. The van der Waals surface area contributed by atoms with E-state index in [0.29, 0.717) is 10.0 Å². The van der Waals surface area contributed by atoms with Crippen molar-refractivity contribution >= 4 is 23.2 Å². The Bertz CT molecular complexity index is 665. The third-order valence-corrected chi connectivity index (χ3v) is 4.21. The quantitative estimate of drug-likeness (QED) is 0.924. The minimum atomic E-state index is -0.0992. The molecular weight excluding hydrogens is 299 g/mol. The molecule has 106 valence electrons. The van der Waals surface area contributed by atoms with Crippen LogP contribution in [0.5, 0.6) is 0 Å². The van der Waals surface area contributed by atoms with Crippen LogP contribution in [0.25, 0.3) is 0 Å². The third-order valence-electron chi connectivity index (χ3n) is 3.65. The van der Waals surface area contributed by atoms with E-state index in [9.17, 15) is 4.79 Å². The second kappa shape index (κ2) is 5.64. The summed E-state index contributed by atoms with van der Waals surface area (Å²) in [7, 11) is 0. The molecule has 2 atom stereocenters. The zero-order valence-corrected chi connectivity index (χ0v) is 12.2. The van der Waals surface area contributed by atoms with Gasteiger partial charge in [-0.1, -0.05) is 29.3 Å². The topological polar surface area (TPSA) is 47.2 Å². The molecule has 1 fully saturated rings. The van der Waals surface area contributed by atoms with Gasteiger partial charge in [-0.2, -0.15) is 4.74 Å². The highest BCUT2D eigenvalue weighted by atomic mass is 35.5. The largest absolute Gasteiger partial charge is 0.384 e. The fourth-order valence-electron chi connectivity index (χ4n) is 2.68. The molecule has 4 nitrogen and oxygen atoms in total. The van der Waals surface area contributed by atoms with Crippen LogP contribution in [0.3, 0.4) is 0 Å². The lowest BCUT2D eigenvalue weighted by Crippen LogP contribution is -2.35. The zero-order chi connectivity index (χ0) is 14.1. The summed E-state index contributed by atoms with van der Waals surface area (Å²) in [5.41, 5.74) is 0.901. The Morgan fingerprint density at radius 3 is 2.85 bits per heavy atom. The predicted octanol–water partition coefficient (Wildman–Crippen LogP) is 3.41. The van der Waals surface area contributed by atoms with Crippen molar-refractivity contribution in [1.82, 2.24) is 10.1 Å². The third kappa shape index (κ3) is 2.64. The Morgan fingerprint density at radius 1 is 1.30 bits per heavy atom. The van der Waals surface area contributed by atoms with Crippen molar-refractivity contribution in [1.29, 1.82) is 0 Å². The van der Waals surface area contributed by atoms with Gasteiger partial charge in [-0.05, 0) is 37.1 Å². The number of hydrogen-bond donors (Lipinski definition) is 1. The highest BCUT2D eigenvalue weighted by molar-refractivity contribution is 6.35. The van der Waals surface area contributed by atoms with Gasteiger partial charge in [-0.25, -0.2) is 0 Å². The Balaban J connectivity index is 1.85. The van der Waals surface area contributed by atoms with E-state index < -0.39 is 0 Å². The molecule has 2 heterocycles. The van der Waals surface area contributed by atoms with Crippen molar-refractivity contribution in [3.63, 3.8) is 0 Å².